The van der Waals surface area contributed by atoms with Crippen LogP contribution < -0.4 is 4.74 Å². The van der Waals surface area contributed by atoms with Gasteiger partial charge in [0.15, 0.2) is 0 Å². The Morgan fingerprint density at radius 3 is 2.91 bits per heavy atom. The molecule has 1 aromatic heterocycles. The van der Waals surface area contributed by atoms with E-state index in [1.165, 1.54) is 10.4 Å². The third-order valence-corrected chi connectivity index (χ3v) is 6.82. The van der Waals surface area contributed by atoms with Crippen LogP contribution in [-0.2, 0) is 20.7 Å². The molecule has 0 spiro atoms. The Morgan fingerprint density at radius 2 is 2.15 bits per heavy atom. The predicted octanol–water partition coefficient (Wildman–Crippen LogP) is 2.91. The van der Waals surface area contributed by atoms with Gasteiger partial charge in [-0.1, -0.05) is 12.1 Å². The molecule has 1 amide bonds. The number of amides is 1. The lowest BCUT2D eigenvalue weighted by Crippen LogP contribution is -2.48. The molecule has 0 fully saturated rings. The summed E-state index contributed by atoms with van der Waals surface area (Å²) in [6, 6.07) is 9.97. The Balaban J connectivity index is 1.70. The number of carbonyl (C=O) groups excluding carboxylic acids is 1. The second-order valence-corrected chi connectivity index (χ2v) is 9.47. The molecular weight excluding hydrogens is 440 g/mol. The van der Waals surface area contributed by atoms with Crippen LogP contribution in [0.3, 0.4) is 0 Å². The van der Waals surface area contributed by atoms with Crippen molar-refractivity contribution in [1.82, 2.24) is 9.80 Å². The van der Waals surface area contributed by atoms with E-state index in [1.54, 1.807) is 25.6 Å². The van der Waals surface area contributed by atoms with E-state index in [1.807, 2.05) is 41.0 Å². The van der Waals surface area contributed by atoms with Gasteiger partial charge in [0.1, 0.15) is 12.4 Å². The van der Waals surface area contributed by atoms with Crippen molar-refractivity contribution >= 4 is 17.2 Å². The lowest BCUT2D eigenvalue weighted by molar-refractivity contribution is -0.136. The highest BCUT2D eigenvalue weighted by Crippen LogP contribution is 2.34. The molecule has 2 unspecified atom stereocenters. The zero-order chi connectivity index (χ0) is 23.6. The molecule has 0 saturated heterocycles. The maximum Gasteiger partial charge on any atom is 0.237 e. The fourth-order valence-corrected chi connectivity index (χ4v) is 5.18. The van der Waals surface area contributed by atoms with E-state index in [2.05, 4.69) is 11.4 Å². The van der Waals surface area contributed by atoms with Gasteiger partial charge in [-0.3, -0.25) is 9.69 Å². The van der Waals surface area contributed by atoms with Crippen LogP contribution in [0, 0.1) is 6.92 Å². The summed E-state index contributed by atoms with van der Waals surface area (Å²) in [5, 5.41) is 12.3. The lowest BCUT2D eigenvalue weighted by Gasteiger charge is -2.37. The number of fused-ring (bicyclic) bond motifs is 1. The first-order valence-electron chi connectivity index (χ1n) is 11.4. The maximum absolute atomic E-state index is 13.5. The summed E-state index contributed by atoms with van der Waals surface area (Å²) in [5.41, 5.74) is 2.32. The van der Waals surface area contributed by atoms with Crippen LogP contribution in [-0.4, -0.2) is 87.1 Å². The summed E-state index contributed by atoms with van der Waals surface area (Å²) >= 11 is 1.74. The molecule has 182 valence electrons. The highest BCUT2D eigenvalue weighted by atomic mass is 32.1. The van der Waals surface area contributed by atoms with Crippen molar-refractivity contribution < 1.29 is 24.1 Å². The van der Waals surface area contributed by atoms with Crippen molar-refractivity contribution in [3.8, 4) is 5.75 Å². The first-order chi connectivity index (χ1) is 16.0. The maximum atomic E-state index is 13.5. The zero-order valence-electron chi connectivity index (χ0n) is 19.9. The molecule has 1 aliphatic heterocycles. The molecule has 7 nitrogen and oxygen atoms in total. The van der Waals surface area contributed by atoms with Gasteiger partial charge in [0.2, 0.25) is 5.91 Å². The summed E-state index contributed by atoms with van der Waals surface area (Å²) in [5.74, 6) is 0.861. The molecule has 1 aliphatic rings. The van der Waals surface area contributed by atoms with Gasteiger partial charge in [-0.15, -0.1) is 11.3 Å². The summed E-state index contributed by atoms with van der Waals surface area (Å²) in [4.78, 5) is 18.7. The minimum Gasteiger partial charge on any atom is -0.491 e. The highest BCUT2D eigenvalue weighted by molar-refractivity contribution is 7.10. The molecule has 2 aromatic rings. The van der Waals surface area contributed by atoms with Crippen LogP contribution in [0.15, 0.2) is 35.7 Å². The summed E-state index contributed by atoms with van der Waals surface area (Å²) in [6.07, 6.45) is 1.00. The first-order valence-corrected chi connectivity index (χ1v) is 12.3. The van der Waals surface area contributed by atoms with Gasteiger partial charge in [0.05, 0.1) is 25.3 Å². The number of aryl methyl sites for hydroxylation is 1. The van der Waals surface area contributed by atoms with E-state index in [0.717, 1.165) is 24.2 Å². The van der Waals surface area contributed by atoms with Crippen molar-refractivity contribution in [3.05, 3.63) is 51.7 Å². The monoisotopic (exact) mass is 476 g/mol. The van der Waals surface area contributed by atoms with E-state index in [0.29, 0.717) is 32.8 Å². The van der Waals surface area contributed by atoms with Gasteiger partial charge in [0.25, 0.3) is 0 Å². The van der Waals surface area contributed by atoms with Gasteiger partial charge in [0, 0.05) is 45.3 Å². The van der Waals surface area contributed by atoms with Gasteiger partial charge >= 0.3 is 0 Å². The largest absolute Gasteiger partial charge is 0.491 e. The molecule has 0 bridgehead atoms. The van der Waals surface area contributed by atoms with Gasteiger partial charge in [-0.25, -0.2) is 0 Å². The number of benzene rings is 1. The Bertz CT molecular complexity index is 874. The Labute approximate surface area is 200 Å². The second kappa shape index (κ2) is 13.1. The number of hydrogen-bond acceptors (Lipinski definition) is 7. The molecule has 8 heteroatoms. The lowest BCUT2D eigenvalue weighted by atomic mass is 10.0. The van der Waals surface area contributed by atoms with Crippen LogP contribution in [0.4, 0.5) is 0 Å². The van der Waals surface area contributed by atoms with E-state index in [-0.39, 0.29) is 25.1 Å². The number of rotatable bonds is 13. The average molecular weight is 477 g/mol. The topological polar surface area (TPSA) is 71.5 Å². The van der Waals surface area contributed by atoms with Gasteiger partial charge < -0.3 is 24.2 Å². The average Bonchev–Trinajstić information content (AvgIpc) is 3.27. The number of thiophene rings is 1. The minimum atomic E-state index is -0.643. The van der Waals surface area contributed by atoms with Crippen LogP contribution in [0.25, 0.3) is 0 Å². The predicted molar refractivity (Wildman–Crippen MR) is 130 cm³/mol. The second-order valence-electron chi connectivity index (χ2n) is 8.47. The normalized spacial score (nSPS) is 16.6. The first kappa shape index (κ1) is 25.6. The smallest absolute Gasteiger partial charge is 0.237 e. The van der Waals surface area contributed by atoms with Crippen molar-refractivity contribution in [2.75, 3.05) is 60.2 Å². The molecule has 0 aliphatic carbocycles. The summed E-state index contributed by atoms with van der Waals surface area (Å²) < 4.78 is 16.4. The van der Waals surface area contributed by atoms with E-state index >= 15 is 0 Å². The molecule has 33 heavy (non-hydrogen) atoms. The molecule has 0 radical (unpaired) electrons. The van der Waals surface area contributed by atoms with E-state index < -0.39 is 6.10 Å². The number of nitrogens with zero attached hydrogens (tertiary/aromatic N) is 2. The Kier molecular flexibility index (Phi) is 10.1. The summed E-state index contributed by atoms with van der Waals surface area (Å²) in [7, 11) is 3.23. The fraction of sp³-hybridized carbons (Fsp3) is 0.560. The van der Waals surface area contributed by atoms with Crippen LogP contribution in [0.2, 0.25) is 0 Å². The quantitative estimate of drug-likeness (QED) is 0.448. The number of ether oxygens (including phenoxy) is 3. The van der Waals surface area contributed by atoms with Gasteiger partial charge in [-0.05, 0) is 54.5 Å². The van der Waals surface area contributed by atoms with Gasteiger partial charge in [-0.2, -0.15) is 0 Å². The van der Waals surface area contributed by atoms with Crippen molar-refractivity contribution in [1.29, 1.82) is 0 Å². The fourth-order valence-electron chi connectivity index (χ4n) is 4.25. The van der Waals surface area contributed by atoms with Crippen LogP contribution in [0.5, 0.6) is 5.75 Å². The number of methoxy groups -OCH3 is 2. The molecule has 2 heterocycles. The van der Waals surface area contributed by atoms with Crippen molar-refractivity contribution in [2.45, 2.75) is 31.9 Å². The van der Waals surface area contributed by atoms with E-state index in [4.69, 9.17) is 14.2 Å². The van der Waals surface area contributed by atoms with Crippen LogP contribution >= 0.6 is 11.3 Å². The summed E-state index contributed by atoms with van der Waals surface area (Å²) in [6.45, 7) is 5.26. The Morgan fingerprint density at radius 1 is 1.30 bits per heavy atom. The number of hydrogen-bond donors (Lipinski definition) is 1. The SMILES string of the molecule is COCCCN(CC(=O)N1CCc2sccc2C1COc1cccc(C)c1)CC(O)COC. The number of carbonyl (C=O) groups is 1. The Hall–Kier alpha value is -1.97. The molecule has 1 aromatic carbocycles. The number of aliphatic hydroxyl groups is 1. The third kappa shape index (κ3) is 7.52. The van der Waals surface area contributed by atoms with Crippen LogP contribution in [0.1, 0.15) is 28.5 Å². The highest BCUT2D eigenvalue weighted by Gasteiger charge is 2.33. The standard InChI is InChI=1S/C25H36N2O5S/c1-19-6-4-7-21(14-19)32-18-23-22-9-13-33-24(22)8-11-27(23)25(29)16-26(10-5-12-30-2)15-20(28)17-31-3/h4,6-7,9,13-14,20,23,28H,5,8,10-12,15-18H2,1-3H3. The zero-order valence-corrected chi connectivity index (χ0v) is 20.7. The van der Waals surface area contributed by atoms with Crippen molar-refractivity contribution in [3.63, 3.8) is 0 Å². The molecular formula is C25H36N2O5S. The third-order valence-electron chi connectivity index (χ3n) is 5.82. The van der Waals surface area contributed by atoms with E-state index in [9.17, 15) is 9.90 Å². The molecule has 2 atom stereocenters. The molecule has 1 N–H and O–H groups in total. The number of aliphatic hydroxyl groups excluding tert-OH is 1. The van der Waals surface area contributed by atoms with Crippen molar-refractivity contribution in [2.24, 2.45) is 0 Å². The molecule has 3 rings (SSSR count). The molecule has 0 saturated carbocycles. The minimum absolute atomic E-state index is 0.0479.